The van der Waals surface area contributed by atoms with Crippen LogP contribution in [0.2, 0.25) is 0 Å². The Labute approximate surface area is 166 Å². The smallest absolute Gasteiger partial charge is 0.258 e. The third-order valence-electron chi connectivity index (χ3n) is 5.63. The highest BCUT2D eigenvalue weighted by molar-refractivity contribution is 5.88. The summed E-state index contributed by atoms with van der Waals surface area (Å²) in [4.78, 5) is 12.5. The van der Waals surface area contributed by atoms with Crippen molar-refractivity contribution in [2.45, 2.75) is 45.1 Å². The molecule has 3 heteroatoms. The lowest BCUT2D eigenvalue weighted by molar-refractivity contribution is -0.123. The second-order valence-electron chi connectivity index (χ2n) is 7.53. The maximum absolute atomic E-state index is 12.5. The highest BCUT2D eigenvalue weighted by Crippen LogP contribution is 2.27. The fraction of sp³-hybridized carbons (Fsp3) is 0.320. The van der Waals surface area contributed by atoms with Gasteiger partial charge in [-0.1, -0.05) is 61.5 Å². The summed E-state index contributed by atoms with van der Waals surface area (Å²) in [5, 5.41) is 5.28. The number of amides is 1. The van der Waals surface area contributed by atoms with Crippen molar-refractivity contribution in [3.05, 3.63) is 77.4 Å². The summed E-state index contributed by atoms with van der Waals surface area (Å²) in [5.74, 6) is 0.660. The Morgan fingerprint density at radius 1 is 1.00 bits per heavy atom. The van der Waals surface area contributed by atoms with E-state index in [1.165, 1.54) is 36.0 Å². The molecule has 0 bridgehead atoms. The molecule has 3 nitrogen and oxygen atoms in total. The minimum absolute atomic E-state index is 0.0233. The van der Waals surface area contributed by atoms with E-state index in [0.29, 0.717) is 0 Å². The molecule has 0 aliphatic heterocycles. The van der Waals surface area contributed by atoms with E-state index in [4.69, 9.17) is 4.74 Å². The quantitative estimate of drug-likeness (QED) is 0.631. The number of benzene rings is 3. The third kappa shape index (κ3) is 4.04. The first kappa shape index (κ1) is 18.5. The second-order valence-corrected chi connectivity index (χ2v) is 7.53. The van der Waals surface area contributed by atoms with E-state index in [0.717, 1.165) is 29.4 Å². The summed E-state index contributed by atoms with van der Waals surface area (Å²) in [5.41, 5.74) is 4.11. The molecule has 28 heavy (non-hydrogen) atoms. The highest BCUT2D eigenvalue weighted by Gasteiger charge is 2.16. The van der Waals surface area contributed by atoms with Gasteiger partial charge in [0.2, 0.25) is 0 Å². The molecule has 144 valence electrons. The van der Waals surface area contributed by atoms with E-state index in [1.807, 2.05) is 42.5 Å². The van der Waals surface area contributed by atoms with Crippen molar-refractivity contribution in [3.8, 4) is 5.75 Å². The van der Waals surface area contributed by atoms with Crippen molar-refractivity contribution in [2.24, 2.45) is 0 Å². The van der Waals surface area contributed by atoms with Crippen LogP contribution < -0.4 is 10.1 Å². The van der Waals surface area contributed by atoms with E-state index in [9.17, 15) is 4.79 Å². The molecule has 0 spiro atoms. The number of rotatable bonds is 6. The van der Waals surface area contributed by atoms with Crippen molar-refractivity contribution >= 4 is 16.7 Å². The van der Waals surface area contributed by atoms with Crippen molar-refractivity contribution < 1.29 is 9.53 Å². The number of hydrogen-bond acceptors (Lipinski definition) is 2. The minimum atomic E-state index is -0.0856. The number of ether oxygens (including phenoxy) is 1. The number of hydrogen-bond donors (Lipinski definition) is 1. The molecule has 0 saturated carbocycles. The first-order chi connectivity index (χ1) is 13.7. The van der Waals surface area contributed by atoms with Crippen LogP contribution in [0, 0.1) is 0 Å². The molecule has 0 aromatic heterocycles. The second kappa shape index (κ2) is 8.47. The zero-order valence-electron chi connectivity index (χ0n) is 16.4. The van der Waals surface area contributed by atoms with Crippen LogP contribution in [0.4, 0.5) is 0 Å². The Morgan fingerprint density at radius 3 is 2.64 bits per heavy atom. The average molecular weight is 373 g/mol. The van der Waals surface area contributed by atoms with Crippen LogP contribution in [0.15, 0.2) is 60.7 Å². The topological polar surface area (TPSA) is 38.3 Å². The normalized spacial score (nSPS) is 14.3. The number of carbonyl (C=O) groups excluding carboxylic acids is 1. The van der Waals surface area contributed by atoms with Gasteiger partial charge < -0.3 is 10.1 Å². The molecule has 1 aliphatic carbocycles. The number of carbonyl (C=O) groups is 1. The summed E-state index contributed by atoms with van der Waals surface area (Å²) in [7, 11) is 0. The van der Waals surface area contributed by atoms with Gasteiger partial charge in [0.1, 0.15) is 5.75 Å². The lowest BCUT2D eigenvalue weighted by Gasteiger charge is -2.22. The predicted octanol–water partition coefficient (Wildman–Crippen LogP) is 5.36. The zero-order chi connectivity index (χ0) is 19.3. The Hall–Kier alpha value is -2.81. The molecule has 1 unspecified atom stereocenters. The summed E-state index contributed by atoms with van der Waals surface area (Å²) >= 11 is 0. The molecule has 3 aromatic carbocycles. The highest BCUT2D eigenvalue weighted by atomic mass is 16.5. The standard InChI is InChI=1S/C25H27NO2/c1-2-23(21-15-14-18-8-3-4-10-20(18)16-21)26-25(27)17-28-24-13-7-11-19-9-5-6-12-22(19)24/h5-7,9,11-16,23H,2-4,8,10,17H2,1H3,(H,26,27). The SMILES string of the molecule is CCC(NC(=O)COc1cccc2ccccc12)c1ccc2c(c1)CCCC2. The summed E-state index contributed by atoms with van der Waals surface area (Å²) in [6.07, 6.45) is 5.73. The van der Waals surface area contributed by atoms with Crippen LogP contribution in [0.5, 0.6) is 5.75 Å². The lowest BCUT2D eigenvalue weighted by Crippen LogP contribution is -2.32. The van der Waals surface area contributed by atoms with E-state index in [1.54, 1.807) is 0 Å². The first-order valence-corrected chi connectivity index (χ1v) is 10.3. The molecule has 0 heterocycles. The van der Waals surface area contributed by atoms with Crippen LogP contribution in [-0.2, 0) is 17.6 Å². The fourth-order valence-electron chi connectivity index (χ4n) is 4.09. The zero-order valence-corrected chi connectivity index (χ0v) is 16.4. The van der Waals surface area contributed by atoms with E-state index >= 15 is 0 Å². The van der Waals surface area contributed by atoms with Crippen molar-refractivity contribution in [3.63, 3.8) is 0 Å². The Kier molecular flexibility index (Phi) is 5.61. The summed E-state index contributed by atoms with van der Waals surface area (Å²) in [6.45, 7) is 2.13. The maximum Gasteiger partial charge on any atom is 0.258 e. The maximum atomic E-state index is 12.5. The lowest BCUT2D eigenvalue weighted by atomic mass is 9.89. The van der Waals surface area contributed by atoms with Gasteiger partial charge >= 0.3 is 0 Å². The predicted molar refractivity (Wildman–Crippen MR) is 114 cm³/mol. The van der Waals surface area contributed by atoms with Crippen LogP contribution >= 0.6 is 0 Å². The van der Waals surface area contributed by atoms with Gasteiger partial charge in [-0.3, -0.25) is 4.79 Å². The van der Waals surface area contributed by atoms with E-state index < -0.39 is 0 Å². The molecule has 3 aromatic rings. The van der Waals surface area contributed by atoms with Crippen LogP contribution in [0.25, 0.3) is 10.8 Å². The molecule has 1 amide bonds. The first-order valence-electron chi connectivity index (χ1n) is 10.3. The van der Waals surface area contributed by atoms with Gasteiger partial charge in [-0.2, -0.15) is 0 Å². The molecule has 0 radical (unpaired) electrons. The molecular formula is C25H27NO2. The molecule has 1 N–H and O–H groups in total. The number of aryl methyl sites for hydroxylation is 2. The van der Waals surface area contributed by atoms with E-state index in [-0.39, 0.29) is 18.6 Å². The molecule has 1 aliphatic rings. The van der Waals surface area contributed by atoms with Crippen molar-refractivity contribution in [1.29, 1.82) is 0 Å². The Balaban J connectivity index is 1.42. The van der Waals surface area contributed by atoms with Crippen molar-refractivity contribution in [1.82, 2.24) is 5.32 Å². The number of nitrogens with one attached hydrogen (secondary N) is 1. The Morgan fingerprint density at radius 2 is 1.79 bits per heavy atom. The van der Waals surface area contributed by atoms with E-state index in [2.05, 4.69) is 30.4 Å². The Bertz CT molecular complexity index is 974. The fourth-order valence-corrected chi connectivity index (χ4v) is 4.09. The molecule has 1 atom stereocenters. The molecule has 0 fully saturated rings. The van der Waals surface area contributed by atoms with Crippen LogP contribution in [-0.4, -0.2) is 12.5 Å². The monoisotopic (exact) mass is 373 g/mol. The van der Waals surface area contributed by atoms with Gasteiger partial charge in [0, 0.05) is 5.39 Å². The molecule has 4 rings (SSSR count). The van der Waals surface area contributed by atoms with Gasteiger partial charge in [-0.15, -0.1) is 0 Å². The minimum Gasteiger partial charge on any atom is -0.483 e. The third-order valence-corrected chi connectivity index (χ3v) is 5.63. The largest absolute Gasteiger partial charge is 0.483 e. The summed E-state index contributed by atoms with van der Waals surface area (Å²) in [6, 6.07) is 20.7. The molecular weight excluding hydrogens is 346 g/mol. The van der Waals surface area contributed by atoms with Gasteiger partial charge in [-0.25, -0.2) is 0 Å². The van der Waals surface area contributed by atoms with Crippen molar-refractivity contribution in [2.75, 3.05) is 6.61 Å². The molecule has 0 saturated heterocycles. The van der Waals surface area contributed by atoms with Gasteiger partial charge in [0.25, 0.3) is 5.91 Å². The summed E-state index contributed by atoms with van der Waals surface area (Å²) < 4.78 is 5.84. The number of fused-ring (bicyclic) bond motifs is 2. The van der Waals surface area contributed by atoms with Gasteiger partial charge in [0.15, 0.2) is 6.61 Å². The van der Waals surface area contributed by atoms with Crippen LogP contribution in [0.1, 0.15) is 48.9 Å². The van der Waals surface area contributed by atoms with Crippen LogP contribution in [0.3, 0.4) is 0 Å². The average Bonchev–Trinajstić information content (AvgIpc) is 2.75. The van der Waals surface area contributed by atoms with Gasteiger partial charge in [-0.05, 0) is 60.2 Å². The van der Waals surface area contributed by atoms with Gasteiger partial charge in [0.05, 0.1) is 6.04 Å².